The molecular formula is C18H18FN3O. The summed E-state index contributed by atoms with van der Waals surface area (Å²) in [6, 6.07) is 7.03. The minimum atomic E-state index is -0.967. The van der Waals surface area contributed by atoms with Crippen LogP contribution in [0.25, 0.3) is 22.4 Å². The maximum absolute atomic E-state index is 13.5. The fourth-order valence-corrected chi connectivity index (χ4v) is 2.87. The van der Waals surface area contributed by atoms with Gasteiger partial charge in [0, 0.05) is 35.6 Å². The first-order valence-electron chi connectivity index (χ1n) is 7.79. The Morgan fingerprint density at radius 1 is 1.22 bits per heavy atom. The molecule has 0 bridgehead atoms. The van der Waals surface area contributed by atoms with Crippen molar-refractivity contribution in [3.8, 4) is 11.4 Å². The Bertz CT molecular complexity index is 891. The Hall–Kier alpha value is -2.27. The van der Waals surface area contributed by atoms with Gasteiger partial charge in [0.25, 0.3) is 0 Å². The molecule has 23 heavy (non-hydrogen) atoms. The molecule has 0 aliphatic heterocycles. The Morgan fingerprint density at radius 3 is 2.70 bits per heavy atom. The van der Waals surface area contributed by atoms with Crippen molar-refractivity contribution in [2.45, 2.75) is 38.3 Å². The van der Waals surface area contributed by atoms with Gasteiger partial charge in [-0.25, -0.2) is 9.37 Å². The molecule has 118 valence electrons. The van der Waals surface area contributed by atoms with Crippen LogP contribution in [-0.4, -0.2) is 19.6 Å². The molecule has 5 heteroatoms. The summed E-state index contributed by atoms with van der Waals surface area (Å²) in [4.78, 5) is 8.88. The predicted molar refractivity (Wildman–Crippen MR) is 86.4 cm³/mol. The molecule has 0 amide bonds. The number of halogens is 1. The van der Waals surface area contributed by atoms with Crippen molar-refractivity contribution >= 4 is 11.0 Å². The molecule has 1 aliphatic carbocycles. The van der Waals surface area contributed by atoms with Gasteiger partial charge in [0.05, 0.1) is 16.6 Å². The van der Waals surface area contributed by atoms with E-state index in [1.165, 1.54) is 12.1 Å². The highest BCUT2D eigenvalue weighted by molar-refractivity contribution is 5.81. The topological polar surface area (TPSA) is 50.9 Å². The van der Waals surface area contributed by atoms with E-state index in [2.05, 4.69) is 14.5 Å². The van der Waals surface area contributed by atoms with Crippen LogP contribution in [0.5, 0.6) is 0 Å². The smallest absolute Gasteiger partial charge is 0.142 e. The molecule has 4 rings (SSSR count). The number of fused-ring (bicyclic) bond motifs is 1. The first-order chi connectivity index (χ1) is 10.9. The van der Waals surface area contributed by atoms with Gasteiger partial charge in [-0.1, -0.05) is 0 Å². The lowest BCUT2D eigenvalue weighted by Crippen LogP contribution is -2.15. The maximum Gasteiger partial charge on any atom is 0.142 e. The molecule has 0 atom stereocenters. The third-order valence-corrected chi connectivity index (χ3v) is 4.27. The molecule has 0 radical (unpaired) electrons. The summed E-state index contributed by atoms with van der Waals surface area (Å²) in [6.45, 7) is 3.46. The molecule has 2 heterocycles. The molecular weight excluding hydrogens is 293 g/mol. The van der Waals surface area contributed by atoms with Crippen molar-refractivity contribution in [3.05, 3.63) is 48.0 Å². The van der Waals surface area contributed by atoms with E-state index in [0.717, 1.165) is 35.3 Å². The zero-order valence-corrected chi connectivity index (χ0v) is 13.1. The van der Waals surface area contributed by atoms with Crippen molar-refractivity contribution in [2.75, 3.05) is 0 Å². The van der Waals surface area contributed by atoms with Crippen LogP contribution in [0.15, 0.2) is 36.7 Å². The fourth-order valence-electron chi connectivity index (χ4n) is 2.87. The molecule has 0 spiro atoms. The van der Waals surface area contributed by atoms with Gasteiger partial charge in [-0.3, -0.25) is 4.98 Å². The van der Waals surface area contributed by atoms with Crippen LogP contribution in [0.2, 0.25) is 0 Å². The van der Waals surface area contributed by atoms with Crippen molar-refractivity contribution in [2.24, 2.45) is 0 Å². The number of aliphatic hydroxyl groups is 1. The van der Waals surface area contributed by atoms with Crippen LogP contribution in [-0.2, 0) is 5.60 Å². The number of hydrogen-bond acceptors (Lipinski definition) is 3. The third-order valence-electron chi connectivity index (χ3n) is 4.27. The summed E-state index contributed by atoms with van der Waals surface area (Å²) in [5, 5.41) is 10.2. The van der Waals surface area contributed by atoms with Crippen molar-refractivity contribution < 1.29 is 9.50 Å². The normalized spacial score (nSPS) is 15.3. The summed E-state index contributed by atoms with van der Waals surface area (Å²) < 4.78 is 15.7. The SMILES string of the molecule is CC(C)(O)c1cncc(-c2nc3cc(F)ccc3n2C2CC2)c1. The molecule has 1 saturated carbocycles. The van der Waals surface area contributed by atoms with Crippen LogP contribution in [0.4, 0.5) is 4.39 Å². The van der Waals surface area contributed by atoms with Crippen molar-refractivity contribution in [1.82, 2.24) is 14.5 Å². The number of nitrogens with zero attached hydrogens (tertiary/aromatic N) is 3. The summed E-state index contributed by atoms with van der Waals surface area (Å²) in [5.41, 5.74) is 2.20. The minimum absolute atomic E-state index is 0.284. The lowest BCUT2D eigenvalue weighted by Gasteiger charge is -2.18. The Morgan fingerprint density at radius 2 is 2.00 bits per heavy atom. The first-order valence-corrected chi connectivity index (χ1v) is 7.79. The lowest BCUT2D eigenvalue weighted by atomic mass is 9.99. The van der Waals surface area contributed by atoms with E-state index in [1.54, 1.807) is 32.3 Å². The van der Waals surface area contributed by atoms with E-state index in [9.17, 15) is 9.50 Å². The van der Waals surface area contributed by atoms with Gasteiger partial charge < -0.3 is 9.67 Å². The van der Waals surface area contributed by atoms with Gasteiger partial charge >= 0.3 is 0 Å². The van der Waals surface area contributed by atoms with Gasteiger partial charge in [0.2, 0.25) is 0 Å². The summed E-state index contributed by atoms with van der Waals surface area (Å²) in [6.07, 6.45) is 5.61. The predicted octanol–water partition coefficient (Wildman–Crippen LogP) is 3.80. The average Bonchev–Trinajstić information content (AvgIpc) is 3.27. The number of pyridine rings is 1. The summed E-state index contributed by atoms with van der Waals surface area (Å²) in [7, 11) is 0. The number of rotatable bonds is 3. The van der Waals surface area contributed by atoms with E-state index >= 15 is 0 Å². The second-order valence-corrected chi connectivity index (χ2v) is 6.69. The van der Waals surface area contributed by atoms with Crippen LogP contribution in [0.1, 0.15) is 38.3 Å². The van der Waals surface area contributed by atoms with Crippen LogP contribution in [0.3, 0.4) is 0 Å². The molecule has 1 aliphatic rings. The second kappa shape index (κ2) is 4.86. The number of imidazole rings is 1. The standard InChI is InChI=1S/C18H18FN3O/c1-18(2,23)12-7-11(9-20-10-12)17-21-15-8-13(19)3-6-16(15)22(17)14-4-5-14/h3,6-10,14,23H,4-5H2,1-2H3. The largest absolute Gasteiger partial charge is 0.386 e. The van der Waals surface area contributed by atoms with E-state index in [-0.39, 0.29) is 5.82 Å². The average molecular weight is 311 g/mol. The molecule has 1 fully saturated rings. The van der Waals surface area contributed by atoms with E-state index in [0.29, 0.717) is 11.6 Å². The van der Waals surface area contributed by atoms with Crippen LogP contribution >= 0.6 is 0 Å². The molecule has 4 nitrogen and oxygen atoms in total. The number of benzene rings is 1. The quantitative estimate of drug-likeness (QED) is 0.800. The lowest BCUT2D eigenvalue weighted by molar-refractivity contribution is 0.0783. The van der Waals surface area contributed by atoms with Gasteiger partial charge in [0.1, 0.15) is 11.6 Å². The summed E-state index contributed by atoms with van der Waals surface area (Å²) >= 11 is 0. The fraction of sp³-hybridized carbons (Fsp3) is 0.333. The molecule has 3 aromatic rings. The minimum Gasteiger partial charge on any atom is -0.386 e. The van der Waals surface area contributed by atoms with E-state index < -0.39 is 5.60 Å². The van der Waals surface area contributed by atoms with Crippen molar-refractivity contribution in [3.63, 3.8) is 0 Å². The molecule has 1 N–H and O–H groups in total. The zero-order chi connectivity index (χ0) is 16.2. The zero-order valence-electron chi connectivity index (χ0n) is 13.1. The highest BCUT2D eigenvalue weighted by Crippen LogP contribution is 2.41. The second-order valence-electron chi connectivity index (χ2n) is 6.69. The van der Waals surface area contributed by atoms with Gasteiger partial charge in [0.15, 0.2) is 0 Å². The number of aromatic nitrogens is 3. The van der Waals surface area contributed by atoms with Crippen molar-refractivity contribution in [1.29, 1.82) is 0 Å². The Labute approximate surface area is 133 Å². The van der Waals surface area contributed by atoms with E-state index in [4.69, 9.17) is 0 Å². The Balaban J connectivity index is 1.93. The van der Waals surface area contributed by atoms with Gasteiger partial charge in [-0.2, -0.15) is 0 Å². The number of hydrogen-bond donors (Lipinski definition) is 1. The summed E-state index contributed by atoms with van der Waals surface area (Å²) in [5.74, 6) is 0.500. The third kappa shape index (κ3) is 2.51. The van der Waals surface area contributed by atoms with Gasteiger partial charge in [-0.05, 0) is 44.9 Å². The maximum atomic E-state index is 13.5. The first kappa shape index (κ1) is 14.3. The highest BCUT2D eigenvalue weighted by Gasteiger charge is 2.29. The van der Waals surface area contributed by atoms with E-state index in [1.807, 2.05) is 6.07 Å². The highest BCUT2D eigenvalue weighted by atomic mass is 19.1. The molecule has 0 unspecified atom stereocenters. The monoisotopic (exact) mass is 311 g/mol. The molecule has 1 aromatic carbocycles. The molecule has 2 aromatic heterocycles. The van der Waals surface area contributed by atoms with Crippen LogP contribution < -0.4 is 0 Å². The van der Waals surface area contributed by atoms with Crippen LogP contribution in [0, 0.1) is 5.82 Å². The Kier molecular flexibility index (Phi) is 3.03. The molecule has 0 saturated heterocycles. The van der Waals surface area contributed by atoms with Gasteiger partial charge in [-0.15, -0.1) is 0 Å².